The molecule has 0 N–H and O–H groups in total. The molecule has 3 heterocycles. The Morgan fingerprint density at radius 2 is 1.46 bits per heavy atom. The minimum Gasteiger partial charge on any atom is -0.493 e. The smallest absolute Gasteiger partial charge is 0.161 e. The Balaban J connectivity index is 1.58. The molecule has 28 heavy (non-hydrogen) atoms. The van der Waals surface area contributed by atoms with Crippen LogP contribution >= 0.6 is 0 Å². The highest BCUT2D eigenvalue weighted by atomic mass is 16.5. The zero-order valence-electron chi connectivity index (χ0n) is 17.4. The Labute approximate surface area is 167 Å². The Morgan fingerprint density at radius 1 is 0.857 bits per heavy atom. The molecule has 0 aliphatic carbocycles. The second-order valence-corrected chi connectivity index (χ2v) is 7.95. The third-order valence-corrected chi connectivity index (χ3v) is 5.96. The van der Waals surface area contributed by atoms with E-state index in [2.05, 4.69) is 34.9 Å². The van der Waals surface area contributed by atoms with E-state index >= 15 is 0 Å². The molecule has 1 fully saturated rings. The fourth-order valence-electron chi connectivity index (χ4n) is 4.18. The highest BCUT2D eigenvalue weighted by Gasteiger charge is 2.23. The molecule has 2 aliphatic rings. The van der Waals surface area contributed by atoms with Gasteiger partial charge in [-0.05, 0) is 55.4 Å². The number of hydrogen-bond acceptors (Lipinski definition) is 6. The molecule has 150 valence electrons. The summed E-state index contributed by atoms with van der Waals surface area (Å²) in [6.07, 6.45) is 3.43. The average Bonchev–Trinajstić information content (AvgIpc) is 2.72. The lowest BCUT2D eigenvalue weighted by atomic mass is 9.98. The maximum atomic E-state index is 5.49. The monoisotopic (exact) mass is 382 g/mol. The molecule has 0 spiro atoms. The topological polar surface area (TPSA) is 50.7 Å². The fourth-order valence-corrected chi connectivity index (χ4v) is 4.18. The summed E-state index contributed by atoms with van der Waals surface area (Å²) in [5.41, 5.74) is 2.60. The predicted molar refractivity (Wildman–Crippen MR) is 112 cm³/mol. The molecule has 0 unspecified atom stereocenters. The summed E-state index contributed by atoms with van der Waals surface area (Å²) in [7, 11) is 3.37. The number of benzene rings is 1. The van der Waals surface area contributed by atoms with Crippen molar-refractivity contribution in [3.05, 3.63) is 35.2 Å². The number of aryl methyl sites for hydroxylation is 1. The molecule has 0 amide bonds. The number of piperidine rings is 1. The molecule has 0 atom stereocenters. The standard InChI is InChI=1S/C22H30N4O2/c1-15-5-8-25(9-6-15)21-13-22(24-16(2)23-21)26-10-7-17-11-19(27-3)20(28-4)12-18(17)14-26/h11-13,15H,5-10,14H2,1-4H3. The number of rotatable bonds is 4. The van der Waals surface area contributed by atoms with Gasteiger partial charge in [-0.25, -0.2) is 9.97 Å². The van der Waals surface area contributed by atoms with Gasteiger partial charge in [-0.1, -0.05) is 6.92 Å². The van der Waals surface area contributed by atoms with Crippen LogP contribution in [0.25, 0.3) is 0 Å². The zero-order valence-corrected chi connectivity index (χ0v) is 17.4. The lowest BCUT2D eigenvalue weighted by Gasteiger charge is -2.33. The van der Waals surface area contributed by atoms with Crippen LogP contribution < -0.4 is 19.3 Å². The Hall–Kier alpha value is -2.50. The van der Waals surface area contributed by atoms with Gasteiger partial charge in [-0.15, -0.1) is 0 Å². The second-order valence-electron chi connectivity index (χ2n) is 7.95. The summed E-state index contributed by atoms with van der Waals surface area (Å²) < 4.78 is 10.9. The van der Waals surface area contributed by atoms with Gasteiger partial charge >= 0.3 is 0 Å². The van der Waals surface area contributed by atoms with Crippen molar-refractivity contribution < 1.29 is 9.47 Å². The van der Waals surface area contributed by atoms with Crippen molar-refractivity contribution in [2.75, 3.05) is 43.7 Å². The Morgan fingerprint density at radius 3 is 2.11 bits per heavy atom. The summed E-state index contributed by atoms with van der Waals surface area (Å²) in [5, 5.41) is 0. The van der Waals surface area contributed by atoms with E-state index in [1.165, 1.54) is 24.0 Å². The molecule has 2 aliphatic heterocycles. The quantitative estimate of drug-likeness (QED) is 0.805. The fraction of sp³-hybridized carbons (Fsp3) is 0.545. The summed E-state index contributed by atoms with van der Waals surface area (Å²) in [5.74, 6) is 5.31. The molecule has 2 aromatic rings. The first-order valence-corrected chi connectivity index (χ1v) is 10.2. The van der Waals surface area contributed by atoms with Gasteiger partial charge in [-0.2, -0.15) is 0 Å². The van der Waals surface area contributed by atoms with Gasteiger partial charge in [0.2, 0.25) is 0 Å². The maximum Gasteiger partial charge on any atom is 0.161 e. The van der Waals surface area contributed by atoms with Crippen molar-refractivity contribution in [1.82, 2.24) is 9.97 Å². The van der Waals surface area contributed by atoms with Gasteiger partial charge < -0.3 is 19.3 Å². The SMILES string of the molecule is COc1cc2c(cc1OC)CN(c1cc(N3CCC(C)CC3)nc(C)n1)CC2. The molecule has 1 aromatic carbocycles. The van der Waals surface area contributed by atoms with Gasteiger partial charge in [0.05, 0.1) is 14.2 Å². The molecule has 0 radical (unpaired) electrons. The van der Waals surface area contributed by atoms with Crippen molar-refractivity contribution in [3.8, 4) is 11.5 Å². The molecular weight excluding hydrogens is 352 g/mol. The van der Waals surface area contributed by atoms with Crippen LogP contribution in [0.2, 0.25) is 0 Å². The summed E-state index contributed by atoms with van der Waals surface area (Å²) >= 11 is 0. The summed E-state index contributed by atoms with van der Waals surface area (Å²) in [6, 6.07) is 6.37. The maximum absolute atomic E-state index is 5.49. The van der Waals surface area contributed by atoms with E-state index in [0.717, 1.165) is 67.5 Å². The van der Waals surface area contributed by atoms with E-state index < -0.39 is 0 Å². The lowest BCUT2D eigenvalue weighted by molar-refractivity contribution is 0.353. The van der Waals surface area contributed by atoms with E-state index in [0.29, 0.717) is 0 Å². The van der Waals surface area contributed by atoms with E-state index in [4.69, 9.17) is 19.4 Å². The first-order valence-electron chi connectivity index (χ1n) is 10.2. The van der Waals surface area contributed by atoms with Crippen LogP contribution in [0.4, 0.5) is 11.6 Å². The summed E-state index contributed by atoms with van der Waals surface area (Å²) in [4.78, 5) is 14.2. The average molecular weight is 383 g/mol. The van der Waals surface area contributed by atoms with Crippen LogP contribution in [-0.2, 0) is 13.0 Å². The van der Waals surface area contributed by atoms with Crippen molar-refractivity contribution >= 4 is 11.6 Å². The van der Waals surface area contributed by atoms with Gasteiger partial charge in [0, 0.05) is 32.2 Å². The first kappa shape index (κ1) is 18.8. The molecular formula is C22H30N4O2. The molecule has 4 rings (SSSR count). The van der Waals surface area contributed by atoms with Crippen LogP contribution in [0.3, 0.4) is 0 Å². The number of anilines is 2. The number of nitrogens with zero attached hydrogens (tertiary/aromatic N) is 4. The minimum atomic E-state index is 0.782. The Bertz CT molecular complexity index is 847. The van der Waals surface area contributed by atoms with Crippen molar-refractivity contribution in [2.24, 2.45) is 5.92 Å². The molecule has 1 aromatic heterocycles. The molecule has 6 nitrogen and oxygen atoms in total. The van der Waals surface area contributed by atoms with Crippen LogP contribution in [0, 0.1) is 12.8 Å². The van der Waals surface area contributed by atoms with Crippen LogP contribution in [-0.4, -0.2) is 43.8 Å². The van der Waals surface area contributed by atoms with Gasteiger partial charge in [0.1, 0.15) is 17.5 Å². The largest absolute Gasteiger partial charge is 0.493 e. The summed E-state index contributed by atoms with van der Waals surface area (Å²) in [6.45, 7) is 8.25. The number of hydrogen-bond donors (Lipinski definition) is 0. The van der Waals surface area contributed by atoms with Gasteiger partial charge in [0.15, 0.2) is 11.5 Å². The van der Waals surface area contributed by atoms with E-state index in [1.807, 2.05) is 6.92 Å². The second kappa shape index (κ2) is 7.86. The number of aromatic nitrogens is 2. The van der Waals surface area contributed by atoms with Crippen molar-refractivity contribution in [2.45, 2.75) is 39.7 Å². The van der Waals surface area contributed by atoms with Gasteiger partial charge in [-0.3, -0.25) is 0 Å². The minimum absolute atomic E-state index is 0.782. The van der Waals surface area contributed by atoms with Crippen molar-refractivity contribution in [1.29, 1.82) is 0 Å². The molecule has 1 saturated heterocycles. The molecule has 0 saturated carbocycles. The van der Waals surface area contributed by atoms with Crippen molar-refractivity contribution in [3.63, 3.8) is 0 Å². The predicted octanol–water partition coefficient (Wildman–Crippen LogP) is 3.60. The third-order valence-electron chi connectivity index (χ3n) is 5.96. The zero-order chi connectivity index (χ0) is 19.7. The normalized spacial score (nSPS) is 17.4. The third kappa shape index (κ3) is 3.73. The van der Waals surface area contributed by atoms with Crippen LogP contribution in [0.15, 0.2) is 18.2 Å². The van der Waals surface area contributed by atoms with E-state index in [9.17, 15) is 0 Å². The number of methoxy groups -OCH3 is 2. The number of fused-ring (bicyclic) bond motifs is 1. The highest BCUT2D eigenvalue weighted by Crippen LogP contribution is 2.34. The van der Waals surface area contributed by atoms with E-state index in [1.54, 1.807) is 14.2 Å². The number of ether oxygens (including phenoxy) is 2. The highest BCUT2D eigenvalue weighted by molar-refractivity contribution is 5.55. The molecule has 0 bridgehead atoms. The lowest BCUT2D eigenvalue weighted by Crippen LogP contribution is -2.35. The molecule has 6 heteroatoms. The van der Waals surface area contributed by atoms with Gasteiger partial charge in [0.25, 0.3) is 0 Å². The Kier molecular flexibility index (Phi) is 5.29. The first-order chi connectivity index (χ1) is 13.6. The van der Waals surface area contributed by atoms with E-state index in [-0.39, 0.29) is 0 Å². The van der Waals surface area contributed by atoms with Crippen LogP contribution in [0.5, 0.6) is 11.5 Å². The van der Waals surface area contributed by atoms with Crippen LogP contribution in [0.1, 0.15) is 36.7 Å².